The Morgan fingerprint density at radius 3 is 2.89 bits per heavy atom. The van der Waals surface area contributed by atoms with Gasteiger partial charge in [-0.25, -0.2) is 0 Å². The number of aromatic nitrogens is 2. The number of rotatable bonds is 5. The molecule has 0 radical (unpaired) electrons. The normalized spacial score (nSPS) is 22.7. The monoisotopic (exact) mass is 262 g/mol. The van der Waals surface area contributed by atoms with Gasteiger partial charge in [-0.15, -0.1) is 0 Å². The van der Waals surface area contributed by atoms with Crippen LogP contribution in [0.15, 0.2) is 12.3 Å². The molecule has 1 aliphatic carbocycles. The van der Waals surface area contributed by atoms with Gasteiger partial charge in [0.05, 0.1) is 0 Å². The lowest BCUT2D eigenvalue weighted by molar-refractivity contribution is 0.0727. The molecule has 2 fully saturated rings. The first-order valence-corrected chi connectivity index (χ1v) is 7.24. The smallest absolute Gasteiger partial charge is 0.274 e. The van der Waals surface area contributed by atoms with Crippen LogP contribution in [0.2, 0.25) is 0 Å². The number of carbonyl (C=O) groups excluding carboxylic acids is 1. The third-order valence-electron chi connectivity index (χ3n) is 4.00. The zero-order valence-corrected chi connectivity index (χ0v) is 11.5. The van der Waals surface area contributed by atoms with E-state index in [1.54, 1.807) is 4.68 Å². The van der Waals surface area contributed by atoms with Gasteiger partial charge in [0.1, 0.15) is 5.69 Å². The Morgan fingerprint density at radius 2 is 2.32 bits per heavy atom. The Balaban J connectivity index is 1.67. The van der Waals surface area contributed by atoms with Crippen molar-refractivity contribution in [3.8, 4) is 0 Å². The molecule has 3 rings (SSSR count). The summed E-state index contributed by atoms with van der Waals surface area (Å²) < 4.78 is 1.69. The topological polar surface area (TPSA) is 50.2 Å². The molecular weight excluding hydrogens is 240 g/mol. The van der Waals surface area contributed by atoms with Crippen molar-refractivity contribution in [1.29, 1.82) is 0 Å². The van der Waals surface area contributed by atoms with E-state index in [9.17, 15) is 4.79 Å². The molecule has 1 atom stereocenters. The van der Waals surface area contributed by atoms with E-state index in [0.717, 1.165) is 19.6 Å². The summed E-state index contributed by atoms with van der Waals surface area (Å²) in [5.41, 5.74) is 0.571. The van der Waals surface area contributed by atoms with Crippen molar-refractivity contribution in [3.63, 3.8) is 0 Å². The predicted molar refractivity (Wildman–Crippen MR) is 72.9 cm³/mol. The van der Waals surface area contributed by atoms with Crippen molar-refractivity contribution in [2.24, 2.45) is 13.0 Å². The van der Waals surface area contributed by atoms with Gasteiger partial charge in [-0.1, -0.05) is 0 Å². The molecule has 5 nitrogen and oxygen atoms in total. The second-order valence-corrected chi connectivity index (χ2v) is 5.82. The minimum Gasteiger partial charge on any atom is -0.335 e. The molecule has 1 aromatic heterocycles. The molecule has 1 aromatic rings. The van der Waals surface area contributed by atoms with Crippen molar-refractivity contribution >= 4 is 5.91 Å². The minimum absolute atomic E-state index is 0.0844. The van der Waals surface area contributed by atoms with E-state index in [2.05, 4.69) is 10.4 Å². The molecule has 0 bridgehead atoms. The summed E-state index contributed by atoms with van der Waals surface area (Å²) in [6.07, 6.45) is 6.76. The predicted octanol–water partition coefficient (Wildman–Crippen LogP) is 1.02. The van der Waals surface area contributed by atoms with E-state index >= 15 is 0 Å². The van der Waals surface area contributed by atoms with Crippen LogP contribution in [0.5, 0.6) is 0 Å². The quantitative estimate of drug-likeness (QED) is 0.862. The summed E-state index contributed by atoms with van der Waals surface area (Å²) in [4.78, 5) is 14.5. The lowest BCUT2D eigenvalue weighted by Gasteiger charge is -2.25. The van der Waals surface area contributed by atoms with Crippen molar-refractivity contribution in [3.05, 3.63) is 18.0 Å². The van der Waals surface area contributed by atoms with Crippen molar-refractivity contribution in [2.45, 2.75) is 31.7 Å². The first kappa shape index (κ1) is 12.7. The van der Waals surface area contributed by atoms with E-state index in [0.29, 0.717) is 17.7 Å². The summed E-state index contributed by atoms with van der Waals surface area (Å²) in [6.45, 7) is 2.80. The summed E-state index contributed by atoms with van der Waals surface area (Å²) >= 11 is 0. The molecular formula is C14H22N4O. The lowest BCUT2D eigenvalue weighted by Crippen LogP contribution is -2.42. The molecule has 19 heavy (non-hydrogen) atoms. The number of nitrogens with one attached hydrogen (secondary N) is 1. The third-order valence-corrected chi connectivity index (χ3v) is 4.00. The highest BCUT2D eigenvalue weighted by molar-refractivity contribution is 5.92. The van der Waals surface area contributed by atoms with E-state index in [-0.39, 0.29) is 5.91 Å². The number of carbonyl (C=O) groups is 1. The highest BCUT2D eigenvalue weighted by Crippen LogP contribution is 2.30. The standard InChI is InChI=1S/C14H22N4O/c1-17-8-6-13(16-17)14(19)18(9-11-4-5-11)10-12-3-2-7-15-12/h6,8,11-12,15H,2-5,7,9-10H2,1H3. The minimum atomic E-state index is 0.0844. The zero-order valence-electron chi connectivity index (χ0n) is 11.5. The van der Waals surface area contributed by atoms with Crippen LogP contribution in [0.1, 0.15) is 36.2 Å². The van der Waals surface area contributed by atoms with Gasteiger partial charge < -0.3 is 10.2 Å². The first-order valence-electron chi connectivity index (χ1n) is 7.24. The molecule has 1 saturated heterocycles. The number of aryl methyl sites for hydroxylation is 1. The molecule has 5 heteroatoms. The highest BCUT2D eigenvalue weighted by atomic mass is 16.2. The molecule has 2 heterocycles. The highest BCUT2D eigenvalue weighted by Gasteiger charge is 2.30. The zero-order chi connectivity index (χ0) is 13.2. The summed E-state index contributed by atoms with van der Waals surface area (Å²) in [6, 6.07) is 2.27. The van der Waals surface area contributed by atoms with Gasteiger partial charge in [-0.2, -0.15) is 5.10 Å². The fourth-order valence-corrected chi connectivity index (χ4v) is 2.72. The van der Waals surface area contributed by atoms with Crippen molar-refractivity contribution < 1.29 is 4.79 Å². The molecule has 1 aliphatic heterocycles. The van der Waals surface area contributed by atoms with Gasteiger partial charge in [0.2, 0.25) is 0 Å². The Labute approximate surface area is 114 Å². The number of nitrogens with zero attached hydrogens (tertiary/aromatic N) is 3. The molecule has 1 saturated carbocycles. The van der Waals surface area contributed by atoms with Crippen LogP contribution in [-0.2, 0) is 7.05 Å². The van der Waals surface area contributed by atoms with Gasteiger partial charge in [-0.3, -0.25) is 9.48 Å². The largest absolute Gasteiger partial charge is 0.335 e. The summed E-state index contributed by atoms with van der Waals surface area (Å²) in [5.74, 6) is 0.801. The Morgan fingerprint density at radius 1 is 1.47 bits per heavy atom. The van der Waals surface area contributed by atoms with Crippen LogP contribution in [0.3, 0.4) is 0 Å². The average Bonchev–Trinajstić information content (AvgIpc) is 2.89. The van der Waals surface area contributed by atoms with Gasteiger partial charge in [0.25, 0.3) is 5.91 Å². The first-order chi connectivity index (χ1) is 9.22. The van der Waals surface area contributed by atoms with Crippen LogP contribution in [0, 0.1) is 5.92 Å². The van der Waals surface area contributed by atoms with Crippen LogP contribution in [-0.4, -0.2) is 46.3 Å². The van der Waals surface area contributed by atoms with Gasteiger partial charge in [-0.05, 0) is 44.2 Å². The maximum Gasteiger partial charge on any atom is 0.274 e. The number of amides is 1. The van der Waals surface area contributed by atoms with Crippen molar-refractivity contribution in [2.75, 3.05) is 19.6 Å². The Kier molecular flexibility index (Phi) is 3.55. The van der Waals surface area contributed by atoms with Gasteiger partial charge in [0.15, 0.2) is 0 Å². The van der Waals surface area contributed by atoms with E-state index in [1.165, 1.54) is 25.7 Å². The molecule has 104 valence electrons. The van der Waals surface area contributed by atoms with Crippen LogP contribution in [0.25, 0.3) is 0 Å². The molecule has 1 N–H and O–H groups in total. The number of hydrogen-bond donors (Lipinski definition) is 1. The van der Waals surface area contributed by atoms with Crippen LogP contribution >= 0.6 is 0 Å². The molecule has 0 aromatic carbocycles. The lowest BCUT2D eigenvalue weighted by atomic mass is 10.2. The fourth-order valence-electron chi connectivity index (χ4n) is 2.72. The van der Waals surface area contributed by atoms with Gasteiger partial charge in [0, 0.05) is 32.4 Å². The second kappa shape index (κ2) is 5.33. The van der Waals surface area contributed by atoms with Crippen molar-refractivity contribution in [1.82, 2.24) is 20.0 Å². The average molecular weight is 262 g/mol. The fraction of sp³-hybridized carbons (Fsp3) is 0.714. The van der Waals surface area contributed by atoms with Crippen LogP contribution < -0.4 is 5.32 Å². The Hall–Kier alpha value is -1.36. The second-order valence-electron chi connectivity index (χ2n) is 5.82. The third kappa shape index (κ3) is 3.15. The van der Waals surface area contributed by atoms with E-state index < -0.39 is 0 Å². The molecule has 2 aliphatic rings. The number of hydrogen-bond acceptors (Lipinski definition) is 3. The molecule has 0 spiro atoms. The van der Waals surface area contributed by atoms with Gasteiger partial charge >= 0.3 is 0 Å². The van der Waals surface area contributed by atoms with E-state index in [1.807, 2.05) is 24.2 Å². The van der Waals surface area contributed by atoms with E-state index in [4.69, 9.17) is 0 Å². The SMILES string of the molecule is Cn1ccc(C(=O)N(CC2CC2)CC2CCCN2)n1. The van der Waals surface area contributed by atoms with Crippen LogP contribution in [0.4, 0.5) is 0 Å². The summed E-state index contributed by atoms with van der Waals surface area (Å²) in [7, 11) is 1.85. The molecule has 1 unspecified atom stereocenters. The summed E-state index contributed by atoms with van der Waals surface area (Å²) in [5, 5.41) is 7.71. The maximum atomic E-state index is 12.5. The Bertz CT molecular complexity index is 446. The molecule has 1 amide bonds. The maximum absolute atomic E-state index is 12.5.